The Kier molecular flexibility index (Phi) is 5.61. The van der Waals surface area contributed by atoms with Crippen LogP contribution in [0.4, 0.5) is 0 Å². The number of hydrogen-bond donors (Lipinski definition) is 0. The zero-order valence-corrected chi connectivity index (χ0v) is 13.6. The fourth-order valence-corrected chi connectivity index (χ4v) is 2.50. The van der Waals surface area contributed by atoms with E-state index in [0.29, 0.717) is 11.3 Å². The molecule has 0 saturated heterocycles. The minimum atomic E-state index is -0.426. The molecular weight excluding hydrogens is 296 g/mol. The normalized spacial score (nSPS) is 17.0. The van der Waals surface area contributed by atoms with Crippen LogP contribution in [0.1, 0.15) is 5.56 Å². The van der Waals surface area contributed by atoms with Gasteiger partial charge in [-0.2, -0.15) is 0 Å². The molecule has 22 heavy (non-hydrogen) atoms. The van der Waals surface area contributed by atoms with Gasteiger partial charge in [0.25, 0.3) is 0 Å². The van der Waals surface area contributed by atoms with Gasteiger partial charge in [-0.1, -0.05) is 47.6 Å². The third-order valence-corrected chi connectivity index (χ3v) is 3.92. The van der Waals surface area contributed by atoms with Gasteiger partial charge < -0.3 is 9.74 Å². The third-order valence-electron chi connectivity index (χ3n) is 3.00. The quantitative estimate of drug-likeness (QED) is 0.475. The van der Waals surface area contributed by atoms with Crippen LogP contribution in [-0.2, 0) is 9.63 Å². The van der Waals surface area contributed by atoms with Crippen molar-refractivity contribution in [3.8, 4) is 0 Å². The maximum absolute atomic E-state index is 11.8. The van der Waals surface area contributed by atoms with Gasteiger partial charge in [0.1, 0.15) is 5.71 Å². The fraction of sp³-hybridized carbons (Fsp3) is 0.176. The van der Waals surface area contributed by atoms with Crippen molar-refractivity contribution in [1.82, 2.24) is 4.90 Å². The first-order valence-electron chi connectivity index (χ1n) is 6.78. The van der Waals surface area contributed by atoms with Crippen LogP contribution in [0, 0.1) is 0 Å². The smallest absolute Gasteiger partial charge is 0.368 e. The van der Waals surface area contributed by atoms with Gasteiger partial charge in [0.2, 0.25) is 0 Å². The van der Waals surface area contributed by atoms with Gasteiger partial charge in [-0.05, 0) is 18.4 Å². The molecule has 1 aromatic rings. The Labute approximate surface area is 134 Å². The van der Waals surface area contributed by atoms with Crippen LogP contribution in [0.15, 0.2) is 70.4 Å². The Balaban J connectivity index is 2.19. The predicted octanol–water partition coefficient (Wildman–Crippen LogP) is 3.20. The number of oxime groups is 1. The Morgan fingerprint density at radius 1 is 1.23 bits per heavy atom. The van der Waals surface area contributed by atoms with Gasteiger partial charge in [0.15, 0.2) is 0 Å². The molecule has 1 aromatic carbocycles. The average molecular weight is 314 g/mol. The van der Waals surface area contributed by atoms with Gasteiger partial charge in [0, 0.05) is 19.7 Å². The Bertz CT molecular complexity index is 658. The third kappa shape index (κ3) is 3.89. The summed E-state index contributed by atoms with van der Waals surface area (Å²) >= 11 is 1.66. The van der Waals surface area contributed by atoms with Crippen molar-refractivity contribution in [3.63, 3.8) is 0 Å². The van der Waals surface area contributed by atoms with Crippen molar-refractivity contribution in [1.29, 1.82) is 0 Å². The lowest BCUT2D eigenvalue weighted by molar-refractivity contribution is -0.136. The second-order valence-electron chi connectivity index (χ2n) is 4.75. The Morgan fingerprint density at radius 3 is 2.59 bits per heavy atom. The second kappa shape index (κ2) is 7.66. The zero-order valence-electron chi connectivity index (χ0n) is 12.8. The average Bonchev–Trinajstić information content (AvgIpc) is 2.89. The summed E-state index contributed by atoms with van der Waals surface area (Å²) in [5, 5.41) is 4.99. The van der Waals surface area contributed by atoms with Crippen molar-refractivity contribution in [3.05, 3.63) is 70.8 Å². The lowest BCUT2D eigenvalue weighted by Gasteiger charge is -2.13. The SMILES string of the molecule is CS\C(=C/C=C/C=C1/C(=O)ON=C1c1ccccc1)N(C)C. The van der Waals surface area contributed by atoms with Crippen molar-refractivity contribution in [2.75, 3.05) is 20.4 Å². The largest absolute Gasteiger partial charge is 0.373 e. The molecule has 1 heterocycles. The van der Waals surface area contributed by atoms with E-state index in [1.54, 1.807) is 17.8 Å². The Morgan fingerprint density at radius 2 is 1.95 bits per heavy atom. The Hall–Kier alpha value is -2.27. The first-order valence-corrected chi connectivity index (χ1v) is 8.01. The first-order chi connectivity index (χ1) is 10.6. The van der Waals surface area contributed by atoms with Gasteiger partial charge in [-0.3, -0.25) is 0 Å². The molecule has 5 heteroatoms. The minimum absolute atomic E-state index is 0.426. The van der Waals surface area contributed by atoms with Crippen molar-refractivity contribution in [2.24, 2.45) is 5.16 Å². The van der Waals surface area contributed by atoms with Crippen LogP contribution in [-0.4, -0.2) is 36.9 Å². The van der Waals surface area contributed by atoms with E-state index in [4.69, 9.17) is 4.84 Å². The summed E-state index contributed by atoms with van der Waals surface area (Å²) in [5.41, 5.74) is 1.89. The molecule has 0 atom stereocenters. The summed E-state index contributed by atoms with van der Waals surface area (Å²) in [7, 11) is 3.98. The highest BCUT2D eigenvalue weighted by molar-refractivity contribution is 8.02. The van der Waals surface area contributed by atoms with Gasteiger partial charge in [-0.25, -0.2) is 4.79 Å². The fourth-order valence-electron chi connectivity index (χ4n) is 1.92. The minimum Gasteiger partial charge on any atom is -0.373 e. The van der Waals surface area contributed by atoms with E-state index in [0.717, 1.165) is 10.6 Å². The molecule has 4 nitrogen and oxygen atoms in total. The number of hydrogen-bond acceptors (Lipinski definition) is 5. The molecule has 0 unspecified atom stereocenters. The summed E-state index contributed by atoms with van der Waals surface area (Å²) in [6, 6.07) is 9.52. The number of rotatable bonds is 5. The number of carbonyl (C=O) groups excluding carboxylic acids is 1. The van der Waals surface area contributed by atoms with E-state index in [1.807, 2.05) is 73.8 Å². The highest BCUT2D eigenvalue weighted by Crippen LogP contribution is 2.18. The lowest BCUT2D eigenvalue weighted by Crippen LogP contribution is -2.07. The van der Waals surface area contributed by atoms with Crippen LogP contribution in [0.5, 0.6) is 0 Å². The summed E-state index contributed by atoms with van der Waals surface area (Å²) in [5.74, 6) is -0.426. The molecule has 1 aliphatic rings. The molecule has 1 aliphatic heterocycles. The molecule has 0 bridgehead atoms. The van der Waals surface area contributed by atoms with Crippen LogP contribution >= 0.6 is 11.8 Å². The van der Waals surface area contributed by atoms with E-state index in [-0.39, 0.29) is 0 Å². The molecule has 2 rings (SSSR count). The van der Waals surface area contributed by atoms with Crippen molar-refractivity contribution in [2.45, 2.75) is 0 Å². The zero-order chi connectivity index (χ0) is 15.9. The lowest BCUT2D eigenvalue weighted by atomic mass is 10.0. The molecule has 0 radical (unpaired) electrons. The van der Waals surface area contributed by atoms with Gasteiger partial charge >= 0.3 is 5.97 Å². The number of allylic oxidation sites excluding steroid dienone is 4. The molecular formula is C17H18N2O2S. The van der Waals surface area contributed by atoms with Gasteiger partial charge in [0.05, 0.1) is 10.6 Å². The maximum atomic E-state index is 11.8. The maximum Gasteiger partial charge on any atom is 0.368 e. The second-order valence-corrected chi connectivity index (χ2v) is 5.58. The standard InChI is InChI=1S/C17H18N2O2S/c1-19(2)15(22-3)12-8-7-11-14-16(18-21-17(14)20)13-9-5-4-6-10-13/h4-12H,1-3H3/b8-7+,14-11+,15-12-. The molecule has 0 N–H and O–H groups in total. The van der Waals surface area contributed by atoms with Crippen molar-refractivity contribution >= 4 is 23.4 Å². The highest BCUT2D eigenvalue weighted by atomic mass is 32.2. The number of benzene rings is 1. The summed E-state index contributed by atoms with van der Waals surface area (Å²) in [4.78, 5) is 18.6. The van der Waals surface area contributed by atoms with E-state index in [9.17, 15) is 4.79 Å². The van der Waals surface area contributed by atoms with E-state index < -0.39 is 5.97 Å². The topological polar surface area (TPSA) is 41.9 Å². The van der Waals surface area contributed by atoms with E-state index in [1.165, 1.54) is 0 Å². The summed E-state index contributed by atoms with van der Waals surface area (Å²) in [6.07, 6.45) is 9.45. The molecule has 0 spiro atoms. The first kappa shape index (κ1) is 16.1. The number of carbonyl (C=O) groups is 1. The molecule has 114 valence electrons. The van der Waals surface area contributed by atoms with Crippen LogP contribution in [0.3, 0.4) is 0 Å². The highest BCUT2D eigenvalue weighted by Gasteiger charge is 2.25. The van der Waals surface area contributed by atoms with Crippen LogP contribution < -0.4 is 0 Å². The predicted molar refractivity (Wildman–Crippen MR) is 91.6 cm³/mol. The van der Waals surface area contributed by atoms with Crippen LogP contribution in [0.2, 0.25) is 0 Å². The molecule has 0 fully saturated rings. The van der Waals surface area contributed by atoms with E-state index >= 15 is 0 Å². The summed E-state index contributed by atoms with van der Waals surface area (Å²) in [6.45, 7) is 0. The summed E-state index contributed by atoms with van der Waals surface area (Å²) < 4.78 is 0. The number of thioether (sulfide) groups is 1. The molecule has 0 aliphatic carbocycles. The number of nitrogens with zero attached hydrogens (tertiary/aromatic N) is 2. The monoisotopic (exact) mass is 314 g/mol. The molecule has 0 saturated carbocycles. The molecule has 0 aromatic heterocycles. The van der Waals surface area contributed by atoms with Gasteiger partial charge in [-0.15, -0.1) is 11.8 Å². The van der Waals surface area contributed by atoms with Crippen molar-refractivity contribution < 1.29 is 9.63 Å². The van der Waals surface area contributed by atoms with E-state index in [2.05, 4.69) is 5.16 Å². The van der Waals surface area contributed by atoms with Crippen LogP contribution in [0.25, 0.3) is 0 Å². The molecule has 0 amide bonds.